The van der Waals surface area contributed by atoms with E-state index in [4.69, 9.17) is 18.9 Å². The summed E-state index contributed by atoms with van der Waals surface area (Å²) in [5.74, 6) is -0.126. The van der Waals surface area contributed by atoms with Crippen molar-refractivity contribution in [1.82, 2.24) is 10.6 Å². The van der Waals surface area contributed by atoms with Gasteiger partial charge in [-0.15, -0.1) is 0 Å². The van der Waals surface area contributed by atoms with E-state index in [0.717, 1.165) is 6.42 Å². The van der Waals surface area contributed by atoms with Crippen LogP contribution in [0.15, 0.2) is 12.2 Å². The molecule has 0 aromatic carbocycles. The summed E-state index contributed by atoms with van der Waals surface area (Å²) in [7, 11) is 0. The van der Waals surface area contributed by atoms with E-state index < -0.39 is 11.7 Å². The molecule has 0 saturated heterocycles. The first-order valence-electron chi connectivity index (χ1n) is 9.36. The molecule has 2 amide bonds. The summed E-state index contributed by atoms with van der Waals surface area (Å²) in [4.78, 5) is 22.6. The van der Waals surface area contributed by atoms with Gasteiger partial charge in [0.25, 0.3) is 0 Å². The Bertz CT molecular complexity index is 434. The molecule has 0 atom stereocenters. The number of rotatable bonds is 15. The SMILES string of the molecule is C=C(C)C(=O)NCCCOCCOCCOCCCNC(=O)OC(C)(C)C. The Morgan fingerprint density at radius 2 is 1.26 bits per heavy atom. The molecular weight excluding hydrogens is 352 g/mol. The molecule has 0 heterocycles. The molecule has 0 aliphatic carbocycles. The van der Waals surface area contributed by atoms with Crippen LogP contribution >= 0.6 is 0 Å². The molecule has 0 bridgehead atoms. The minimum Gasteiger partial charge on any atom is -0.444 e. The van der Waals surface area contributed by atoms with E-state index in [0.29, 0.717) is 64.7 Å². The van der Waals surface area contributed by atoms with Crippen LogP contribution in [0.5, 0.6) is 0 Å². The van der Waals surface area contributed by atoms with E-state index in [9.17, 15) is 9.59 Å². The highest BCUT2D eigenvalue weighted by molar-refractivity contribution is 5.91. The monoisotopic (exact) mass is 388 g/mol. The van der Waals surface area contributed by atoms with Crippen molar-refractivity contribution in [3.63, 3.8) is 0 Å². The Hall–Kier alpha value is -1.64. The van der Waals surface area contributed by atoms with E-state index in [-0.39, 0.29) is 5.91 Å². The fourth-order valence-electron chi connectivity index (χ4n) is 1.75. The lowest BCUT2D eigenvalue weighted by Crippen LogP contribution is -2.33. The van der Waals surface area contributed by atoms with Crippen molar-refractivity contribution in [1.29, 1.82) is 0 Å². The highest BCUT2D eigenvalue weighted by Gasteiger charge is 2.15. The highest BCUT2D eigenvalue weighted by Crippen LogP contribution is 2.06. The third-order valence-electron chi connectivity index (χ3n) is 3.02. The third-order valence-corrected chi connectivity index (χ3v) is 3.02. The molecule has 0 aromatic rings. The molecular formula is C19H36N2O6. The zero-order chi connectivity index (χ0) is 20.5. The first-order chi connectivity index (χ1) is 12.7. The Balaban J connectivity index is 3.22. The molecule has 2 N–H and O–H groups in total. The number of alkyl carbamates (subject to hydrolysis) is 1. The summed E-state index contributed by atoms with van der Waals surface area (Å²) in [5.41, 5.74) is 0.0215. The van der Waals surface area contributed by atoms with Crippen LogP contribution in [0, 0.1) is 0 Å². The lowest BCUT2D eigenvalue weighted by Gasteiger charge is -2.19. The van der Waals surface area contributed by atoms with Crippen LogP contribution < -0.4 is 10.6 Å². The van der Waals surface area contributed by atoms with Crippen LogP contribution in [0.4, 0.5) is 4.79 Å². The number of amides is 2. The maximum atomic E-state index is 11.4. The topological polar surface area (TPSA) is 95.1 Å². The molecule has 0 aromatic heterocycles. The predicted molar refractivity (Wildman–Crippen MR) is 104 cm³/mol. The Morgan fingerprint density at radius 1 is 0.815 bits per heavy atom. The van der Waals surface area contributed by atoms with Gasteiger partial charge in [0.1, 0.15) is 5.60 Å². The van der Waals surface area contributed by atoms with Crippen LogP contribution in [0.3, 0.4) is 0 Å². The summed E-state index contributed by atoms with van der Waals surface area (Å²) in [6.45, 7) is 14.9. The summed E-state index contributed by atoms with van der Waals surface area (Å²) in [5, 5.41) is 5.42. The molecule has 0 aliphatic heterocycles. The summed E-state index contributed by atoms with van der Waals surface area (Å²) in [6, 6.07) is 0. The molecule has 8 nitrogen and oxygen atoms in total. The Kier molecular flexibility index (Phi) is 14.5. The van der Waals surface area contributed by atoms with Gasteiger partial charge in [0.05, 0.1) is 26.4 Å². The molecule has 0 aliphatic rings. The minimum absolute atomic E-state index is 0.126. The highest BCUT2D eigenvalue weighted by atomic mass is 16.6. The van der Waals surface area contributed by atoms with Crippen molar-refractivity contribution in [3.05, 3.63) is 12.2 Å². The minimum atomic E-state index is -0.484. The lowest BCUT2D eigenvalue weighted by atomic mass is 10.2. The first kappa shape index (κ1) is 25.4. The quantitative estimate of drug-likeness (QED) is 0.329. The van der Waals surface area contributed by atoms with Gasteiger partial charge >= 0.3 is 6.09 Å². The van der Waals surface area contributed by atoms with Crippen LogP contribution in [-0.4, -0.2) is 70.3 Å². The molecule has 0 fully saturated rings. The van der Waals surface area contributed by atoms with Crippen LogP contribution in [0.1, 0.15) is 40.5 Å². The van der Waals surface area contributed by atoms with Crippen molar-refractivity contribution in [2.24, 2.45) is 0 Å². The number of ether oxygens (including phenoxy) is 4. The van der Waals surface area contributed by atoms with Crippen LogP contribution in [-0.2, 0) is 23.7 Å². The van der Waals surface area contributed by atoms with Gasteiger partial charge in [-0.25, -0.2) is 4.79 Å². The Labute approximate surface area is 162 Å². The number of nitrogens with one attached hydrogen (secondary N) is 2. The van der Waals surface area contributed by atoms with Crippen LogP contribution in [0.25, 0.3) is 0 Å². The van der Waals surface area contributed by atoms with E-state index in [1.807, 2.05) is 20.8 Å². The van der Waals surface area contributed by atoms with E-state index in [1.54, 1.807) is 6.92 Å². The zero-order valence-electron chi connectivity index (χ0n) is 17.2. The fourth-order valence-corrected chi connectivity index (χ4v) is 1.75. The Morgan fingerprint density at radius 3 is 1.70 bits per heavy atom. The van der Waals surface area contributed by atoms with Crippen molar-refractivity contribution >= 4 is 12.0 Å². The van der Waals surface area contributed by atoms with E-state index in [1.165, 1.54) is 0 Å². The lowest BCUT2D eigenvalue weighted by molar-refractivity contribution is -0.117. The average Bonchev–Trinajstić information content (AvgIpc) is 2.56. The van der Waals surface area contributed by atoms with Crippen LogP contribution in [0.2, 0.25) is 0 Å². The van der Waals surface area contributed by atoms with Gasteiger partial charge in [-0.2, -0.15) is 0 Å². The van der Waals surface area contributed by atoms with Gasteiger partial charge < -0.3 is 29.6 Å². The van der Waals surface area contributed by atoms with Gasteiger partial charge in [0, 0.05) is 31.9 Å². The number of carbonyl (C=O) groups excluding carboxylic acids is 2. The largest absolute Gasteiger partial charge is 0.444 e. The van der Waals surface area contributed by atoms with Gasteiger partial charge in [0.2, 0.25) is 5.91 Å². The maximum Gasteiger partial charge on any atom is 0.407 e. The second kappa shape index (κ2) is 15.4. The van der Waals surface area contributed by atoms with E-state index in [2.05, 4.69) is 17.2 Å². The fraction of sp³-hybridized carbons (Fsp3) is 0.789. The molecule has 8 heteroatoms. The summed E-state index contributed by atoms with van der Waals surface area (Å²) < 4.78 is 21.3. The average molecular weight is 389 g/mol. The number of hydrogen-bond acceptors (Lipinski definition) is 6. The van der Waals surface area contributed by atoms with Crippen molar-refractivity contribution < 1.29 is 28.5 Å². The standard InChI is InChI=1S/C19H36N2O6/c1-16(2)17(22)20-8-6-10-24-12-14-26-15-13-25-11-7-9-21-18(23)27-19(3,4)5/h1,6-15H2,2-5H3,(H,20,22)(H,21,23). The first-order valence-corrected chi connectivity index (χ1v) is 9.36. The molecule has 158 valence electrons. The molecule has 0 radical (unpaired) electrons. The second-order valence-electron chi connectivity index (χ2n) is 7.01. The number of carbonyl (C=O) groups is 2. The van der Waals surface area contributed by atoms with Gasteiger partial charge in [-0.3, -0.25) is 4.79 Å². The van der Waals surface area contributed by atoms with E-state index >= 15 is 0 Å². The van der Waals surface area contributed by atoms with Crippen molar-refractivity contribution in [2.45, 2.75) is 46.1 Å². The predicted octanol–water partition coefficient (Wildman–Crippen LogP) is 2.03. The molecule has 0 unspecified atom stereocenters. The zero-order valence-corrected chi connectivity index (χ0v) is 17.2. The molecule has 27 heavy (non-hydrogen) atoms. The van der Waals surface area contributed by atoms with Gasteiger partial charge in [-0.05, 0) is 40.5 Å². The molecule has 0 rings (SSSR count). The normalized spacial score (nSPS) is 11.1. The smallest absolute Gasteiger partial charge is 0.407 e. The maximum absolute atomic E-state index is 11.4. The summed E-state index contributed by atoms with van der Waals surface area (Å²) >= 11 is 0. The molecule has 0 saturated carbocycles. The molecule has 0 spiro atoms. The third kappa shape index (κ3) is 18.9. The second-order valence-corrected chi connectivity index (χ2v) is 7.01. The number of hydrogen-bond donors (Lipinski definition) is 2. The van der Waals surface area contributed by atoms with Crippen molar-refractivity contribution in [2.75, 3.05) is 52.7 Å². The van der Waals surface area contributed by atoms with Gasteiger partial charge in [0.15, 0.2) is 0 Å². The summed E-state index contributed by atoms with van der Waals surface area (Å²) in [6.07, 6.45) is 1.05. The van der Waals surface area contributed by atoms with Gasteiger partial charge in [-0.1, -0.05) is 6.58 Å². The van der Waals surface area contributed by atoms with Crippen molar-refractivity contribution in [3.8, 4) is 0 Å².